The molecule has 0 spiro atoms. The zero-order chi connectivity index (χ0) is 25.2. The third kappa shape index (κ3) is 4.42. The fourth-order valence-corrected chi connectivity index (χ4v) is 4.97. The quantitative estimate of drug-likeness (QED) is 0.409. The standard InChI is InChI=1S/C27H30N4O5/c1-29-22-11-10-19(35-2)15-21(22)24-25(29)26(33)30(13-12-18-7-4-3-5-8-18)27(34)31(24)17-23(32)28-16-20-9-6-14-36-20/h3-5,7-8,10-11,15,20H,6,9,12-14,16-17H2,1-2H3,(H,28,32)/t20-/m0/s1. The molecule has 36 heavy (non-hydrogen) atoms. The maximum Gasteiger partial charge on any atom is 0.332 e. The van der Waals surface area contributed by atoms with Gasteiger partial charge in [-0.05, 0) is 43.0 Å². The zero-order valence-electron chi connectivity index (χ0n) is 20.5. The Kier molecular flexibility index (Phi) is 6.65. The van der Waals surface area contributed by atoms with E-state index < -0.39 is 5.69 Å². The monoisotopic (exact) mass is 490 g/mol. The molecule has 9 heteroatoms. The molecule has 1 amide bonds. The first-order chi connectivity index (χ1) is 17.5. The number of aromatic nitrogens is 3. The maximum absolute atomic E-state index is 13.7. The van der Waals surface area contributed by atoms with Crippen LogP contribution in [0.4, 0.5) is 0 Å². The van der Waals surface area contributed by atoms with Crippen molar-refractivity contribution < 1.29 is 14.3 Å². The lowest BCUT2D eigenvalue weighted by atomic mass is 10.1. The summed E-state index contributed by atoms with van der Waals surface area (Å²) in [7, 11) is 3.36. The Hall–Kier alpha value is -3.85. The van der Waals surface area contributed by atoms with Gasteiger partial charge in [-0.3, -0.25) is 18.7 Å². The van der Waals surface area contributed by atoms with E-state index in [9.17, 15) is 14.4 Å². The Morgan fingerprint density at radius 2 is 1.92 bits per heavy atom. The summed E-state index contributed by atoms with van der Waals surface area (Å²) in [5, 5.41) is 3.58. The zero-order valence-corrected chi connectivity index (χ0v) is 20.5. The first kappa shape index (κ1) is 23.9. The molecule has 0 saturated carbocycles. The summed E-state index contributed by atoms with van der Waals surface area (Å²) in [6.45, 7) is 1.10. The molecule has 9 nitrogen and oxygen atoms in total. The van der Waals surface area contributed by atoms with Gasteiger partial charge < -0.3 is 19.4 Å². The number of ether oxygens (including phenoxy) is 2. The number of fused-ring (bicyclic) bond motifs is 3. The van der Waals surface area contributed by atoms with Crippen molar-refractivity contribution >= 4 is 27.8 Å². The third-order valence-corrected chi connectivity index (χ3v) is 6.88. The second-order valence-electron chi connectivity index (χ2n) is 9.14. The van der Waals surface area contributed by atoms with Crippen molar-refractivity contribution in [1.82, 2.24) is 19.0 Å². The van der Waals surface area contributed by atoms with E-state index in [1.807, 2.05) is 42.5 Å². The molecule has 1 saturated heterocycles. The van der Waals surface area contributed by atoms with Crippen molar-refractivity contribution in [3.63, 3.8) is 0 Å². The molecule has 0 aliphatic carbocycles. The van der Waals surface area contributed by atoms with E-state index in [0.717, 1.165) is 23.9 Å². The van der Waals surface area contributed by atoms with Crippen molar-refractivity contribution in [3.05, 3.63) is 74.9 Å². The number of nitrogens with zero attached hydrogens (tertiary/aromatic N) is 3. The van der Waals surface area contributed by atoms with Gasteiger partial charge in [-0.1, -0.05) is 30.3 Å². The number of nitrogens with one attached hydrogen (secondary N) is 1. The Labute approximate surface area is 207 Å². The van der Waals surface area contributed by atoms with Crippen LogP contribution in [0.2, 0.25) is 0 Å². The van der Waals surface area contributed by atoms with Crippen molar-refractivity contribution in [3.8, 4) is 5.75 Å². The number of benzene rings is 2. The molecule has 1 aliphatic rings. The van der Waals surface area contributed by atoms with Crippen molar-refractivity contribution in [2.75, 3.05) is 20.3 Å². The Balaban J connectivity index is 1.61. The first-order valence-corrected chi connectivity index (χ1v) is 12.2. The molecule has 2 aromatic carbocycles. The van der Waals surface area contributed by atoms with Crippen LogP contribution in [0.1, 0.15) is 18.4 Å². The van der Waals surface area contributed by atoms with E-state index in [2.05, 4.69) is 5.32 Å². The van der Waals surface area contributed by atoms with Crippen LogP contribution in [-0.2, 0) is 36.1 Å². The van der Waals surface area contributed by atoms with E-state index in [0.29, 0.717) is 41.7 Å². The van der Waals surface area contributed by atoms with Crippen LogP contribution in [0, 0.1) is 0 Å². The third-order valence-electron chi connectivity index (χ3n) is 6.88. The lowest BCUT2D eigenvalue weighted by Crippen LogP contribution is -2.44. The molecule has 1 fully saturated rings. The number of carbonyl (C=O) groups is 1. The van der Waals surface area contributed by atoms with E-state index in [4.69, 9.17) is 9.47 Å². The molecule has 1 N–H and O–H groups in total. The number of methoxy groups -OCH3 is 1. The van der Waals surface area contributed by atoms with Gasteiger partial charge in [-0.25, -0.2) is 4.79 Å². The Morgan fingerprint density at radius 1 is 1.11 bits per heavy atom. The lowest BCUT2D eigenvalue weighted by Gasteiger charge is -2.15. The van der Waals surface area contributed by atoms with Crippen LogP contribution in [0.3, 0.4) is 0 Å². The smallest absolute Gasteiger partial charge is 0.332 e. The minimum absolute atomic E-state index is 0.00710. The van der Waals surface area contributed by atoms with Gasteiger partial charge in [0.2, 0.25) is 5.91 Å². The second-order valence-corrected chi connectivity index (χ2v) is 9.14. The summed E-state index contributed by atoms with van der Waals surface area (Å²) >= 11 is 0. The van der Waals surface area contributed by atoms with Gasteiger partial charge in [-0.2, -0.15) is 0 Å². The van der Waals surface area contributed by atoms with Gasteiger partial charge in [0.15, 0.2) is 0 Å². The van der Waals surface area contributed by atoms with Gasteiger partial charge in [0.05, 0.1) is 24.2 Å². The predicted molar refractivity (Wildman–Crippen MR) is 138 cm³/mol. The number of amides is 1. The highest BCUT2D eigenvalue weighted by Crippen LogP contribution is 2.29. The molecule has 2 aromatic heterocycles. The average Bonchev–Trinajstić information content (AvgIpc) is 3.52. The van der Waals surface area contributed by atoms with Crippen LogP contribution in [0.15, 0.2) is 58.1 Å². The summed E-state index contributed by atoms with van der Waals surface area (Å²) in [6, 6.07) is 15.2. The fourth-order valence-electron chi connectivity index (χ4n) is 4.97. The molecule has 1 atom stereocenters. The van der Waals surface area contributed by atoms with Gasteiger partial charge in [-0.15, -0.1) is 0 Å². The molecule has 5 rings (SSSR count). The average molecular weight is 491 g/mol. The lowest BCUT2D eigenvalue weighted by molar-refractivity contribution is -0.122. The summed E-state index contributed by atoms with van der Waals surface area (Å²) in [6.07, 6.45) is 2.39. The van der Waals surface area contributed by atoms with Crippen molar-refractivity contribution in [2.24, 2.45) is 7.05 Å². The van der Waals surface area contributed by atoms with Gasteiger partial charge in [0, 0.05) is 32.1 Å². The minimum atomic E-state index is -0.508. The summed E-state index contributed by atoms with van der Waals surface area (Å²) in [5.74, 6) is 0.298. The maximum atomic E-state index is 13.7. The molecule has 188 valence electrons. The van der Waals surface area contributed by atoms with Crippen LogP contribution < -0.4 is 21.3 Å². The molecule has 0 radical (unpaired) electrons. The summed E-state index contributed by atoms with van der Waals surface area (Å²) in [4.78, 5) is 40.3. The number of hydrogen-bond donors (Lipinski definition) is 1. The van der Waals surface area contributed by atoms with Crippen LogP contribution in [0.25, 0.3) is 21.9 Å². The van der Waals surface area contributed by atoms with Gasteiger partial charge in [0.25, 0.3) is 5.56 Å². The Bertz CT molecular complexity index is 1530. The van der Waals surface area contributed by atoms with Crippen LogP contribution in [0.5, 0.6) is 5.75 Å². The van der Waals surface area contributed by atoms with Gasteiger partial charge in [0.1, 0.15) is 17.8 Å². The predicted octanol–water partition coefficient (Wildman–Crippen LogP) is 2.20. The molecular weight excluding hydrogens is 460 g/mol. The normalized spacial score (nSPS) is 15.6. The molecule has 3 heterocycles. The minimum Gasteiger partial charge on any atom is -0.497 e. The largest absolute Gasteiger partial charge is 0.497 e. The molecular formula is C27H30N4O5. The van der Waals surface area contributed by atoms with Crippen molar-refractivity contribution in [1.29, 1.82) is 0 Å². The highest BCUT2D eigenvalue weighted by Gasteiger charge is 2.23. The fraction of sp³-hybridized carbons (Fsp3) is 0.370. The van der Waals surface area contributed by atoms with E-state index in [-0.39, 0.29) is 30.7 Å². The van der Waals surface area contributed by atoms with Crippen LogP contribution >= 0.6 is 0 Å². The van der Waals surface area contributed by atoms with Crippen molar-refractivity contribution in [2.45, 2.75) is 38.5 Å². The van der Waals surface area contributed by atoms with Crippen LogP contribution in [-0.4, -0.2) is 46.0 Å². The number of rotatable bonds is 8. The molecule has 0 bridgehead atoms. The first-order valence-electron chi connectivity index (χ1n) is 12.2. The summed E-state index contributed by atoms with van der Waals surface area (Å²) in [5.41, 5.74) is 1.72. The van der Waals surface area contributed by atoms with Gasteiger partial charge >= 0.3 is 5.69 Å². The molecule has 0 unspecified atom stereocenters. The number of hydrogen-bond acceptors (Lipinski definition) is 5. The van der Waals surface area contributed by atoms with E-state index >= 15 is 0 Å². The number of carbonyl (C=O) groups excluding carboxylic acids is 1. The highest BCUT2D eigenvalue weighted by molar-refractivity contribution is 6.06. The van der Waals surface area contributed by atoms with E-state index in [1.165, 1.54) is 9.13 Å². The SMILES string of the molecule is COc1ccc2c(c1)c1c(c(=O)n(CCc3ccccc3)c(=O)n1CC(=O)NC[C@@H]1CCCO1)n2C. The topological polar surface area (TPSA) is 96.5 Å². The second kappa shape index (κ2) is 10.0. The molecule has 4 aromatic rings. The highest BCUT2D eigenvalue weighted by atomic mass is 16.5. The molecule has 1 aliphatic heterocycles. The summed E-state index contributed by atoms with van der Waals surface area (Å²) < 4.78 is 15.4. The Morgan fingerprint density at radius 3 is 2.64 bits per heavy atom. The number of aryl methyl sites for hydroxylation is 2. The van der Waals surface area contributed by atoms with E-state index in [1.54, 1.807) is 24.8 Å².